The maximum atomic E-state index is 6.55. The lowest BCUT2D eigenvalue weighted by atomic mass is 9.95. The molecule has 10 aromatic rings. The Labute approximate surface area is 290 Å². The normalized spacial score (nSPS) is 11.6. The number of hydrogen-bond donors (Lipinski definition) is 0. The van der Waals surface area contributed by atoms with E-state index in [1.54, 1.807) is 0 Å². The monoisotopic (exact) mass is 637 g/mol. The van der Waals surface area contributed by atoms with Crippen molar-refractivity contribution in [1.82, 2.24) is 0 Å². The van der Waals surface area contributed by atoms with E-state index in [4.69, 9.17) is 4.42 Å². The highest BCUT2D eigenvalue weighted by atomic mass is 16.3. The molecule has 10 rings (SSSR count). The first-order valence-corrected chi connectivity index (χ1v) is 17.1. The molecular weight excluding hydrogens is 607 g/mol. The molecule has 0 unspecified atom stereocenters. The zero-order valence-electron chi connectivity index (χ0n) is 27.3. The maximum absolute atomic E-state index is 6.55. The molecule has 9 aromatic carbocycles. The number of para-hydroxylation sites is 1. The predicted octanol–water partition coefficient (Wildman–Crippen LogP) is 13.8. The second-order valence-electron chi connectivity index (χ2n) is 12.9. The highest BCUT2D eigenvalue weighted by Gasteiger charge is 2.18. The Morgan fingerprint density at radius 1 is 0.340 bits per heavy atom. The fourth-order valence-corrected chi connectivity index (χ4v) is 7.66. The Hall–Kier alpha value is -6.64. The van der Waals surface area contributed by atoms with Gasteiger partial charge in [0.1, 0.15) is 11.2 Å². The molecule has 50 heavy (non-hydrogen) atoms. The van der Waals surface area contributed by atoms with Gasteiger partial charge in [-0.2, -0.15) is 0 Å². The van der Waals surface area contributed by atoms with Crippen LogP contribution in [0.5, 0.6) is 0 Å². The van der Waals surface area contributed by atoms with E-state index in [0.717, 1.165) is 55.5 Å². The molecule has 0 amide bonds. The summed E-state index contributed by atoms with van der Waals surface area (Å²) in [6.07, 6.45) is 0. The van der Waals surface area contributed by atoms with Crippen LogP contribution in [0, 0.1) is 0 Å². The van der Waals surface area contributed by atoms with Crippen LogP contribution in [0.1, 0.15) is 0 Å². The van der Waals surface area contributed by atoms with Crippen molar-refractivity contribution >= 4 is 71.3 Å². The first-order chi connectivity index (χ1) is 24.8. The zero-order valence-corrected chi connectivity index (χ0v) is 27.3. The van der Waals surface area contributed by atoms with Gasteiger partial charge in [-0.05, 0) is 92.3 Å². The van der Waals surface area contributed by atoms with Gasteiger partial charge in [0.2, 0.25) is 0 Å². The highest BCUT2D eigenvalue weighted by Crippen LogP contribution is 2.44. The molecule has 1 aromatic heterocycles. The summed E-state index contributed by atoms with van der Waals surface area (Å²) in [5.41, 5.74) is 9.95. The SMILES string of the molecule is c1ccc(-c2cc3c4cc(-c5ccc(N(c6ccccc6)c6cc7ccccc7c7ccccc67)cc5)ccc4oc3c3ccccc23)cc1. The molecule has 0 saturated heterocycles. The van der Waals surface area contributed by atoms with E-state index in [9.17, 15) is 0 Å². The van der Waals surface area contributed by atoms with Gasteiger partial charge < -0.3 is 9.32 Å². The van der Waals surface area contributed by atoms with Gasteiger partial charge in [-0.15, -0.1) is 0 Å². The summed E-state index contributed by atoms with van der Waals surface area (Å²) >= 11 is 0. The summed E-state index contributed by atoms with van der Waals surface area (Å²) in [7, 11) is 0. The van der Waals surface area contributed by atoms with Crippen molar-refractivity contribution in [2.24, 2.45) is 0 Å². The summed E-state index contributed by atoms with van der Waals surface area (Å²) in [4.78, 5) is 2.38. The number of furan rings is 1. The first kappa shape index (κ1) is 28.4. The van der Waals surface area contributed by atoms with Crippen LogP contribution in [0.3, 0.4) is 0 Å². The minimum absolute atomic E-state index is 0.897. The van der Waals surface area contributed by atoms with E-state index in [1.165, 1.54) is 38.1 Å². The Morgan fingerprint density at radius 3 is 1.72 bits per heavy atom. The average molecular weight is 638 g/mol. The molecule has 0 spiro atoms. The number of fused-ring (bicyclic) bond motifs is 8. The summed E-state index contributed by atoms with van der Waals surface area (Å²) in [5.74, 6) is 0. The number of anilines is 3. The quantitative estimate of drug-likeness (QED) is 0.175. The van der Waals surface area contributed by atoms with Crippen LogP contribution in [-0.2, 0) is 0 Å². The molecule has 2 heteroatoms. The fourth-order valence-electron chi connectivity index (χ4n) is 7.66. The van der Waals surface area contributed by atoms with Crippen molar-refractivity contribution in [3.8, 4) is 22.3 Å². The van der Waals surface area contributed by atoms with E-state index < -0.39 is 0 Å². The zero-order chi connectivity index (χ0) is 33.0. The van der Waals surface area contributed by atoms with Gasteiger partial charge in [0.25, 0.3) is 0 Å². The highest BCUT2D eigenvalue weighted by molar-refractivity contribution is 6.19. The first-order valence-electron chi connectivity index (χ1n) is 17.1. The van der Waals surface area contributed by atoms with Gasteiger partial charge >= 0.3 is 0 Å². The van der Waals surface area contributed by atoms with E-state index in [0.29, 0.717) is 0 Å². The Balaban J connectivity index is 1.11. The van der Waals surface area contributed by atoms with Crippen LogP contribution >= 0.6 is 0 Å². The molecule has 234 valence electrons. The number of rotatable bonds is 5. The number of hydrogen-bond acceptors (Lipinski definition) is 2. The van der Waals surface area contributed by atoms with Crippen molar-refractivity contribution in [2.75, 3.05) is 4.90 Å². The minimum atomic E-state index is 0.897. The van der Waals surface area contributed by atoms with Crippen molar-refractivity contribution in [3.05, 3.63) is 188 Å². The van der Waals surface area contributed by atoms with Crippen LogP contribution in [0.15, 0.2) is 192 Å². The molecule has 1 heterocycles. The number of nitrogens with zero attached hydrogens (tertiary/aromatic N) is 1. The lowest BCUT2D eigenvalue weighted by molar-refractivity contribution is 0.673. The topological polar surface area (TPSA) is 16.4 Å². The van der Waals surface area contributed by atoms with Crippen LogP contribution in [-0.4, -0.2) is 0 Å². The molecule has 0 aliphatic carbocycles. The summed E-state index contributed by atoms with van der Waals surface area (Å²) in [5, 5.41) is 9.55. The molecule has 0 aliphatic heterocycles. The second-order valence-corrected chi connectivity index (χ2v) is 12.9. The summed E-state index contributed by atoms with van der Waals surface area (Å²) < 4.78 is 6.55. The molecule has 0 atom stereocenters. The third kappa shape index (κ3) is 4.57. The van der Waals surface area contributed by atoms with Gasteiger partial charge in [-0.3, -0.25) is 0 Å². The van der Waals surface area contributed by atoms with E-state index >= 15 is 0 Å². The molecule has 2 nitrogen and oxygen atoms in total. The van der Waals surface area contributed by atoms with Gasteiger partial charge in [-0.1, -0.05) is 140 Å². The molecule has 0 bridgehead atoms. The molecule has 0 radical (unpaired) electrons. The summed E-state index contributed by atoms with van der Waals surface area (Å²) in [6, 6.07) is 67.4. The largest absolute Gasteiger partial charge is 0.455 e. The second kappa shape index (κ2) is 11.5. The molecule has 0 aliphatic rings. The summed E-state index contributed by atoms with van der Waals surface area (Å²) in [6.45, 7) is 0. The third-order valence-corrected chi connectivity index (χ3v) is 10.0. The van der Waals surface area contributed by atoms with Crippen LogP contribution in [0.2, 0.25) is 0 Å². The third-order valence-electron chi connectivity index (χ3n) is 10.0. The van der Waals surface area contributed by atoms with Gasteiger partial charge in [0, 0.05) is 32.9 Å². The Bertz CT molecular complexity index is 2850. The van der Waals surface area contributed by atoms with Gasteiger partial charge in [0.05, 0.1) is 5.69 Å². The molecular formula is C48H31NO. The maximum Gasteiger partial charge on any atom is 0.143 e. The lowest BCUT2D eigenvalue weighted by Crippen LogP contribution is -2.10. The van der Waals surface area contributed by atoms with Gasteiger partial charge in [0.15, 0.2) is 0 Å². The van der Waals surface area contributed by atoms with Crippen LogP contribution in [0.4, 0.5) is 17.1 Å². The minimum Gasteiger partial charge on any atom is -0.455 e. The molecule has 0 N–H and O–H groups in total. The molecule has 0 fully saturated rings. The van der Waals surface area contributed by atoms with Gasteiger partial charge in [-0.25, -0.2) is 0 Å². The van der Waals surface area contributed by atoms with E-state index in [-0.39, 0.29) is 0 Å². The van der Waals surface area contributed by atoms with Crippen molar-refractivity contribution in [1.29, 1.82) is 0 Å². The van der Waals surface area contributed by atoms with E-state index in [1.807, 2.05) is 0 Å². The van der Waals surface area contributed by atoms with Crippen LogP contribution < -0.4 is 4.90 Å². The van der Waals surface area contributed by atoms with Crippen molar-refractivity contribution in [2.45, 2.75) is 0 Å². The Kier molecular flexibility index (Phi) is 6.53. The predicted molar refractivity (Wildman–Crippen MR) is 212 cm³/mol. The Morgan fingerprint density at radius 2 is 0.940 bits per heavy atom. The molecule has 0 saturated carbocycles. The fraction of sp³-hybridized carbons (Fsp3) is 0. The van der Waals surface area contributed by atoms with Crippen molar-refractivity contribution in [3.63, 3.8) is 0 Å². The number of benzene rings is 9. The van der Waals surface area contributed by atoms with E-state index in [2.05, 4.69) is 193 Å². The standard InChI is InChI=1S/C48H31NO/c1-3-13-33(14-4-1)43-31-45-44-29-34(25-28-47(44)50-48(45)42-22-12-10-20-40(42)43)32-23-26-37(27-24-32)49(36-16-5-2-6-17-36)46-30-35-15-7-8-18-38(35)39-19-9-11-21-41(39)46/h1-31H. The van der Waals surface area contributed by atoms with Crippen LogP contribution in [0.25, 0.3) is 76.5 Å². The van der Waals surface area contributed by atoms with Crippen molar-refractivity contribution < 1.29 is 4.42 Å². The smallest absolute Gasteiger partial charge is 0.143 e. The average Bonchev–Trinajstić information content (AvgIpc) is 3.57. The lowest BCUT2D eigenvalue weighted by Gasteiger charge is -2.27.